The van der Waals surface area contributed by atoms with E-state index in [0.717, 1.165) is 16.5 Å². The molecule has 152 valence electrons. The van der Waals surface area contributed by atoms with Gasteiger partial charge < -0.3 is 19.6 Å². The summed E-state index contributed by atoms with van der Waals surface area (Å²) in [7, 11) is 1.55. The number of carboxylic acids is 1. The number of carbonyl (C=O) groups is 2. The van der Waals surface area contributed by atoms with Gasteiger partial charge in [-0.05, 0) is 43.9 Å². The molecule has 0 saturated carbocycles. The molecule has 0 fully saturated rings. The average molecular weight is 389 g/mol. The number of hydrogen-bond donors (Lipinski definition) is 2. The Bertz CT molecular complexity index is 946. The van der Waals surface area contributed by atoms with Crippen molar-refractivity contribution in [2.45, 2.75) is 53.0 Å². The lowest BCUT2D eigenvalue weighted by Gasteiger charge is -2.20. The van der Waals surface area contributed by atoms with Crippen LogP contribution in [0.25, 0.3) is 11.0 Å². The second-order valence-electron chi connectivity index (χ2n) is 7.03. The molecular formula is C21H27NO6. The number of nitrogens with one attached hydrogen (secondary N) is 1. The maximum Gasteiger partial charge on any atom is 0.339 e. The molecule has 2 rings (SSSR count). The highest BCUT2D eigenvalue weighted by atomic mass is 16.5. The lowest BCUT2D eigenvalue weighted by atomic mass is 9.98. The van der Waals surface area contributed by atoms with Gasteiger partial charge in [-0.15, -0.1) is 0 Å². The van der Waals surface area contributed by atoms with Crippen LogP contribution in [0.1, 0.15) is 43.4 Å². The summed E-state index contributed by atoms with van der Waals surface area (Å²) < 4.78 is 10.8. The minimum absolute atomic E-state index is 0.00641. The Kier molecular flexibility index (Phi) is 6.83. The average Bonchev–Trinajstić information content (AvgIpc) is 2.66. The zero-order valence-electron chi connectivity index (χ0n) is 16.9. The number of aliphatic carboxylic acids is 1. The van der Waals surface area contributed by atoms with E-state index in [1.807, 2.05) is 32.9 Å². The monoisotopic (exact) mass is 389 g/mol. The van der Waals surface area contributed by atoms with Gasteiger partial charge in [0.05, 0.1) is 7.11 Å². The maximum absolute atomic E-state index is 12.5. The molecule has 0 saturated heterocycles. The van der Waals surface area contributed by atoms with Crippen LogP contribution < -0.4 is 15.7 Å². The first kappa shape index (κ1) is 21.5. The summed E-state index contributed by atoms with van der Waals surface area (Å²) in [5.74, 6) is -1.02. The summed E-state index contributed by atoms with van der Waals surface area (Å²) >= 11 is 0. The Balaban J connectivity index is 2.24. The molecule has 0 bridgehead atoms. The highest BCUT2D eigenvalue weighted by Crippen LogP contribution is 2.29. The molecule has 0 aliphatic carbocycles. The predicted octanol–water partition coefficient (Wildman–Crippen LogP) is 2.97. The Labute approximate surface area is 163 Å². The van der Waals surface area contributed by atoms with Crippen molar-refractivity contribution in [1.29, 1.82) is 0 Å². The van der Waals surface area contributed by atoms with Crippen molar-refractivity contribution in [3.63, 3.8) is 0 Å². The zero-order chi connectivity index (χ0) is 21.0. The number of aryl methyl sites for hydroxylation is 2. The van der Waals surface area contributed by atoms with Gasteiger partial charge in [-0.1, -0.05) is 20.3 Å². The van der Waals surface area contributed by atoms with E-state index in [1.165, 1.54) is 0 Å². The van der Waals surface area contributed by atoms with Gasteiger partial charge in [0, 0.05) is 22.9 Å². The standard InChI is InChI=1S/C21H27NO6/c1-6-11(2)18(20(24)25)22-17(23)10-8-15-12(3)14-7-9-16(27-5)13(4)19(14)28-21(15)26/h7,9,11,18H,6,8,10H2,1-5H3,(H,22,23)(H,24,25). The van der Waals surface area contributed by atoms with E-state index in [-0.39, 0.29) is 18.8 Å². The smallest absolute Gasteiger partial charge is 0.339 e. The van der Waals surface area contributed by atoms with Gasteiger partial charge in [0.25, 0.3) is 0 Å². The van der Waals surface area contributed by atoms with Crippen molar-refractivity contribution in [3.8, 4) is 5.75 Å². The molecule has 1 aromatic carbocycles. The molecule has 1 heterocycles. The van der Waals surface area contributed by atoms with Crippen molar-refractivity contribution >= 4 is 22.8 Å². The molecule has 2 N–H and O–H groups in total. The van der Waals surface area contributed by atoms with Gasteiger partial charge in [0.2, 0.25) is 5.91 Å². The van der Waals surface area contributed by atoms with E-state index in [9.17, 15) is 19.5 Å². The number of fused-ring (bicyclic) bond motifs is 1. The molecule has 1 aromatic heterocycles. The van der Waals surface area contributed by atoms with Crippen LogP contribution in [0, 0.1) is 19.8 Å². The molecule has 2 aromatic rings. The molecule has 28 heavy (non-hydrogen) atoms. The highest BCUT2D eigenvalue weighted by molar-refractivity contribution is 5.86. The number of methoxy groups -OCH3 is 1. The van der Waals surface area contributed by atoms with E-state index in [1.54, 1.807) is 14.0 Å². The van der Waals surface area contributed by atoms with E-state index in [0.29, 0.717) is 23.3 Å². The molecule has 0 aliphatic rings. The number of ether oxygens (including phenoxy) is 1. The van der Waals surface area contributed by atoms with Gasteiger partial charge >= 0.3 is 11.6 Å². The van der Waals surface area contributed by atoms with Gasteiger partial charge in [-0.3, -0.25) is 4.79 Å². The Morgan fingerprint density at radius 2 is 1.93 bits per heavy atom. The maximum atomic E-state index is 12.5. The summed E-state index contributed by atoms with van der Waals surface area (Å²) in [5.41, 5.74) is 1.88. The van der Waals surface area contributed by atoms with Crippen LogP contribution >= 0.6 is 0 Å². The molecular weight excluding hydrogens is 362 g/mol. The van der Waals surface area contributed by atoms with Gasteiger partial charge in [-0.2, -0.15) is 0 Å². The third kappa shape index (κ3) is 4.35. The third-order valence-electron chi connectivity index (χ3n) is 5.27. The van der Waals surface area contributed by atoms with Gasteiger partial charge in [0.15, 0.2) is 0 Å². The lowest BCUT2D eigenvalue weighted by Crippen LogP contribution is -2.45. The molecule has 0 radical (unpaired) electrons. The third-order valence-corrected chi connectivity index (χ3v) is 5.27. The fourth-order valence-corrected chi connectivity index (χ4v) is 3.25. The first-order chi connectivity index (χ1) is 13.2. The van der Waals surface area contributed by atoms with Crippen molar-refractivity contribution < 1.29 is 23.8 Å². The van der Waals surface area contributed by atoms with Crippen LogP contribution in [0.15, 0.2) is 21.3 Å². The quantitative estimate of drug-likeness (QED) is 0.673. The number of rotatable bonds is 8. The highest BCUT2D eigenvalue weighted by Gasteiger charge is 2.25. The van der Waals surface area contributed by atoms with Crippen LogP contribution in [0.2, 0.25) is 0 Å². The predicted molar refractivity (Wildman–Crippen MR) is 106 cm³/mol. The molecule has 1 amide bonds. The van der Waals surface area contributed by atoms with Crippen LogP contribution in [-0.2, 0) is 16.0 Å². The molecule has 7 heteroatoms. The second kappa shape index (κ2) is 8.91. The minimum Gasteiger partial charge on any atom is -0.496 e. The van der Waals surface area contributed by atoms with Crippen LogP contribution in [0.3, 0.4) is 0 Å². The number of benzene rings is 1. The normalized spacial score (nSPS) is 13.2. The summed E-state index contributed by atoms with van der Waals surface area (Å²) in [6.45, 7) is 7.28. The topological polar surface area (TPSA) is 106 Å². The van der Waals surface area contributed by atoms with E-state index < -0.39 is 23.5 Å². The van der Waals surface area contributed by atoms with Crippen molar-refractivity contribution in [3.05, 3.63) is 39.2 Å². The first-order valence-corrected chi connectivity index (χ1v) is 9.33. The van der Waals surface area contributed by atoms with Crippen molar-refractivity contribution in [2.24, 2.45) is 5.92 Å². The fourth-order valence-electron chi connectivity index (χ4n) is 3.25. The fraction of sp³-hybridized carbons (Fsp3) is 0.476. The van der Waals surface area contributed by atoms with E-state index in [2.05, 4.69) is 5.32 Å². The van der Waals surface area contributed by atoms with Gasteiger partial charge in [0.1, 0.15) is 17.4 Å². The van der Waals surface area contributed by atoms with Crippen molar-refractivity contribution in [1.82, 2.24) is 5.32 Å². The molecule has 2 atom stereocenters. The lowest BCUT2D eigenvalue weighted by molar-refractivity contribution is -0.143. The molecule has 0 aliphatic heterocycles. The van der Waals surface area contributed by atoms with Crippen LogP contribution in [0.5, 0.6) is 5.75 Å². The Morgan fingerprint density at radius 1 is 1.25 bits per heavy atom. The van der Waals surface area contributed by atoms with Crippen molar-refractivity contribution in [2.75, 3.05) is 7.11 Å². The molecule has 0 spiro atoms. The van der Waals surface area contributed by atoms with Gasteiger partial charge in [-0.25, -0.2) is 9.59 Å². The number of amides is 1. The second-order valence-corrected chi connectivity index (χ2v) is 7.03. The summed E-state index contributed by atoms with van der Waals surface area (Å²) in [4.78, 5) is 36.1. The molecule has 2 unspecified atom stereocenters. The minimum atomic E-state index is -1.06. The summed E-state index contributed by atoms with van der Waals surface area (Å²) in [6, 6.07) is 2.69. The largest absolute Gasteiger partial charge is 0.496 e. The Morgan fingerprint density at radius 3 is 2.50 bits per heavy atom. The SMILES string of the molecule is CCC(C)C(NC(=O)CCc1c(C)c2ccc(OC)c(C)c2oc1=O)C(=O)O. The summed E-state index contributed by atoms with van der Waals surface area (Å²) in [5, 5.41) is 12.6. The van der Waals surface area contributed by atoms with E-state index in [4.69, 9.17) is 9.15 Å². The number of carboxylic acid groups (broad SMARTS) is 1. The Hall–Kier alpha value is -2.83. The van der Waals surface area contributed by atoms with Crippen LogP contribution in [-0.4, -0.2) is 30.1 Å². The number of hydrogen-bond acceptors (Lipinski definition) is 5. The first-order valence-electron chi connectivity index (χ1n) is 9.33. The molecule has 7 nitrogen and oxygen atoms in total. The number of carbonyl (C=O) groups excluding carboxylic acids is 1. The van der Waals surface area contributed by atoms with Crippen LogP contribution in [0.4, 0.5) is 0 Å². The summed E-state index contributed by atoms with van der Waals surface area (Å²) in [6.07, 6.45) is 0.813. The zero-order valence-corrected chi connectivity index (χ0v) is 16.9. The van der Waals surface area contributed by atoms with E-state index >= 15 is 0 Å².